The van der Waals surface area contributed by atoms with Gasteiger partial charge in [-0.15, -0.1) is 0 Å². The maximum absolute atomic E-state index is 3.57. The second-order valence-electron chi connectivity index (χ2n) is 5.51. The van der Waals surface area contributed by atoms with Crippen LogP contribution in [0, 0.1) is 0 Å². The van der Waals surface area contributed by atoms with Gasteiger partial charge in [-0.1, -0.05) is 84.9 Å². The molecule has 0 saturated heterocycles. The molecule has 3 aromatic rings. The van der Waals surface area contributed by atoms with Crippen molar-refractivity contribution in [2.45, 2.75) is 13.0 Å². The van der Waals surface area contributed by atoms with Gasteiger partial charge in [0.05, 0.1) is 0 Å². The Morgan fingerprint density at radius 1 is 0.864 bits per heavy atom. The molecular formula is C21H21N. The molecule has 0 amide bonds. The first-order valence-electron chi connectivity index (χ1n) is 7.77. The molecule has 1 heteroatoms. The second-order valence-corrected chi connectivity index (χ2v) is 5.51. The normalized spacial score (nSPS) is 12.8. The zero-order chi connectivity index (χ0) is 15.2. The maximum Gasteiger partial charge on any atom is 0.0300 e. The van der Waals surface area contributed by atoms with Gasteiger partial charge >= 0.3 is 0 Å². The average molecular weight is 287 g/mol. The molecular weight excluding hydrogens is 266 g/mol. The molecule has 0 fully saturated rings. The van der Waals surface area contributed by atoms with Gasteiger partial charge in [0.25, 0.3) is 0 Å². The van der Waals surface area contributed by atoms with Crippen LogP contribution in [0.4, 0.5) is 0 Å². The second kappa shape index (κ2) is 7.06. The SMILES string of the molecule is CC(NC/C=C/c1ccccc1)c1cccc2ccccc12. The standard InChI is InChI=1S/C21H21N/c1-17(22-16-8-11-18-9-3-2-4-10-18)20-15-7-13-19-12-5-6-14-21(19)20/h2-15,17,22H,16H2,1H3/b11-8+. The van der Waals surface area contributed by atoms with E-state index in [2.05, 4.69) is 91.1 Å². The molecule has 0 saturated carbocycles. The van der Waals surface area contributed by atoms with Crippen molar-refractivity contribution in [2.75, 3.05) is 6.54 Å². The quantitative estimate of drug-likeness (QED) is 0.679. The van der Waals surface area contributed by atoms with Crippen LogP contribution in [0.5, 0.6) is 0 Å². The highest BCUT2D eigenvalue weighted by Gasteiger charge is 2.07. The van der Waals surface area contributed by atoms with E-state index in [9.17, 15) is 0 Å². The van der Waals surface area contributed by atoms with E-state index in [1.165, 1.54) is 21.9 Å². The van der Waals surface area contributed by atoms with Gasteiger partial charge in [0, 0.05) is 12.6 Å². The highest BCUT2D eigenvalue weighted by Crippen LogP contribution is 2.23. The number of hydrogen-bond acceptors (Lipinski definition) is 1. The fraction of sp³-hybridized carbons (Fsp3) is 0.143. The fourth-order valence-electron chi connectivity index (χ4n) is 2.74. The molecule has 0 radical (unpaired) electrons. The molecule has 0 aliphatic carbocycles. The van der Waals surface area contributed by atoms with Crippen LogP contribution in [0.3, 0.4) is 0 Å². The monoisotopic (exact) mass is 287 g/mol. The third-order valence-corrected chi connectivity index (χ3v) is 3.94. The van der Waals surface area contributed by atoms with Gasteiger partial charge in [-0.2, -0.15) is 0 Å². The van der Waals surface area contributed by atoms with Crippen molar-refractivity contribution in [1.82, 2.24) is 5.32 Å². The smallest absolute Gasteiger partial charge is 0.0300 e. The van der Waals surface area contributed by atoms with Crippen molar-refractivity contribution in [1.29, 1.82) is 0 Å². The Morgan fingerprint density at radius 2 is 1.59 bits per heavy atom. The minimum atomic E-state index is 0.325. The summed E-state index contributed by atoms with van der Waals surface area (Å²) >= 11 is 0. The van der Waals surface area contributed by atoms with Gasteiger partial charge < -0.3 is 5.32 Å². The van der Waals surface area contributed by atoms with Gasteiger partial charge in [0.15, 0.2) is 0 Å². The van der Waals surface area contributed by atoms with Crippen LogP contribution in [0.25, 0.3) is 16.8 Å². The first-order valence-corrected chi connectivity index (χ1v) is 7.77. The first kappa shape index (κ1) is 14.6. The number of nitrogens with one attached hydrogen (secondary N) is 1. The molecule has 0 aromatic heterocycles. The predicted octanol–water partition coefficient (Wildman–Crippen LogP) is 5.20. The minimum Gasteiger partial charge on any atom is -0.307 e. The molecule has 22 heavy (non-hydrogen) atoms. The molecule has 0 spiro atoms. The lowest BCUT2D eigenvalue weighted by molar-refractivity contribution is 0.622. The molecule has 1 nitrogen and oxygen atoms in total. The molecule has 1 unspecified atom stereocenters. The van der Waals surface area contributed by atoms with Crippen molar-refractivity contribution in [3.05, 3.63) is 90.0 Å². The summed E-state index contributed by atoms with van der Waals surface area (Å²) in [6.07, 6.45) is 4.33. The summed E-state index contributed by atoms with van der Waals surface area (Å²) < 4.78 is 0. The van der Waals surface area contributed by atoms with Gasteiger partial charge in [-0.25, -0.2) is 0 Å². The van der Waals surface area contributed by atoms with E-state index in [0.717, 1.165) is 6.54 Å². The third kappa shape index (κ3) is 3.44. The summed E-state index contributed by atoms with van der Waals surface area (Å²) in [6.45, 7) is 3.08. The Labute approximate surface area is 132 Å². The van der Waals surface area contributed by atoms with Crippen LogP contribution in [0.1, 0.15) is 24.1 Å². The highest BCUT2D eigenvalue weighted by atomic mass is 14.9. The number of hydrogen-bond donors (Lipinski definition) is 1. The molecule has 0 aliphatic rings. The Kier molecular flexibility index (Phi) is 4.67. The van der Waals surface area contributed by atoms with Gasteiger partial charge in [0.2, 0.25) is 0 Å². The van der Waals surface area contributed by atoms with Crippen molar-refractivity contribution < 1.29 is 0 Å². The number of benzene rings is 3. The summed E-state index contributed by atoms with van der Waals surface area (Å²) in [5.74, 6) is 0. The summed E-state index contributed by atoms with van der Waals surface area (Å²) in [5.41, 5.74) is 2.59. The van der Waals surface area contributed by atoms with E-state index in [4.69, 9.17) is 0 Å². The Morgan fingerprint density at radius 3 is 2.45 bits per heavy atom. The molecule has 1 atom stereocenters. The first-order chi connectivity index (χ1) is 10.8. The van der Waals surface area contributed by atoms with Crippen LogP contribution >= 0.6 is 0 Å². The van der Waals surface area contributed by atoms with Crippen molar-refractivity contribution in [3.63, 3.8) is 0 Å². The summed E-state index contributed by atoms with van der Waals surface area (Å²) in [6, 6.07) is 25.8. The van der Waals surface area contributed by atoms with Crippen LogP contribution in [-0.2, 0) is 0 Å². The van der Waals surface area contributed by atoms with Crippen LogP contribution in [-0.4, -0.2) is 6.54 Å². The topological polar surface area (TPSA) is 12.0 Å². The molecule has 3 rings (SSSR count). The van der Waals surface area contributed by atoms with Gasteiger partial charge in [-0.3, -0.25) is 0 Å². The van der Waals surface area contributed by atoms with E-state index >= 15 is 0 Å². The number of rotatable bonds is 5. The van der Waals surface area contributed by atoms with E-state index in [1.54, 1.807) is 0 Å². The summed E-state index contributed by atoms with van der Waals surface area (Å²) in [4.78, 5) is 0. The van der Waals surface area contributed by atoms with Crippen molar-refractivity contribution in [2.24, 2.45) is 0 Å². The zero-order valence-corrected chi connectivity index (χ0v) is 12.9. The Balaban J connectivity index is 1.66. The lowest BCUT2D eigenvalue weighted by atomic mass is 10.00. The lowest BCUT2D eigenvalue weighted by Crippen LogP contribution is -2.18. The predicted molar refractivity (Wildman–Crippen MR) is 95.8 cm³/mol. The minimum absolute atomic E-state index is 0.325. The van der Waals surface area contributed by atoms with Gasteiger partial charge in [-0.05, 0) is 28.8 Å². The van der Waals surface area contributed by atoms with Crippen molar-refractivity contribution in [3.8, 4) is 0 Å². The van der Waals surface area contributed by atoms with Gasteiger partial charge in [0.1, 0.15) is 0 Å². The fourth-order valence-corrected chi connectivity index (χ4v) is 2.74. The molecule has 110 valence electrons. The Hall–Kier alpha value is -2.38. The molecule has 0 heterocycles. The maximum atomic E-state index is 3.57. The lowest BCUT2D eigenvalue weighted by Gasteiger charge is -2.15. The number of fused-ring (bicyclic) bond motifs is 1. The van der Waals surface area contributed by atoms with Crippen molar-refractivity contribution >= 4 is 16.8 Å². The van der Waals surface area contributed by atoms with E-state index in [1.807, 2.05) is 6.07 Å². The summed E-state index contributed by atoms with van der Waals surface area (Å²) in [7, 11) is 0. The van der Waals surface area contributed by atoms with E-state index in [-0.39, 0.29) is 0 Å². The van der Waals surface area contributed by atoms with Crippen LogP contribution in [0.15, 0.2) is 78.9 Å². The average Bonchev–Trinajstić information content (AvgIpc) is 2.59. The van der Waals surface area contributed by atoms with E-state index in [0.29, 0.717) is 6.04 Å². The largest absolute Gasteiger partial charge is 0.307 e. The zero-order valence-electron chi connectivity index (χ0n) is 12.9. The molecule has 3 aromatic carbocycles. The summed E-state index contributed by atoms with van der Waals surface area (Å²) in [5, 5.41) is 6.20. The third-order valence-electron chi connectivity index (χ3n) is 3.94. The highest BCUT2D eigenvalue weighted by molar-refractivity contribution is 5.86. The molecule has 0 aliphatic heterocycles. The van der Waals surface area contributed by atoms with Crippen LogP contribution in [0.2, 0.25) is 0 Å². The van der Waals surface area contributed by atoms with Crippen LogP contribution < -0.4 is 5.32 Å². The van der Waals surface area contributed by atoms with E-state index < -0.39 is 0 Å². The molecule has 1 N–H and O–H groups in total. The Bertz CT molecular complexity index is 754. The molecule has 0 bridgehead atoms.